The van der Waals surface area contributed by atoms with Crippen molar-refractivity contribution < 1.29 is 27.1 Å². The van der Waals surface area contributed by atoms with Crippen LogP contribution in [-0.4, -0.2) is 63.0 Å². The van der Waals surface area contributed by atoms with Gasteiger partial charge in [-0.2, -0.15) is 4.31 Å². The highest BCUT2D eigenvalue weighted by Gasteiger charge is 2.32. The van der Waals surface area contributed by atoms with Crippen molar-refractivity contribution in [2.24, 2.45) is 5.92 Å². The molecule has 1 fully saturated rings. The molecule has 2 amide bonds. The lowest BCUT2D eigenvalue weighted by Gasteiger charge is -2.35. The van der Waals surface area contributed by atoms with Crippen molar-refractivity contribution in [1.29, 1.82) is 0 Å². The predicted octanol–water partition coefficient (Wildman–Crippen LogP) is 3.01. The standard InChI is InChI=1S/C23H28FN3O5S/c1-16(2)22(17-7-8-19-20(15-17)32-14-13-31-19)25-23(28)26-9-11-27(12-10-26)33(29,30)21-6-4-3-5-18(21)24/h3-8,15-16,22H,9-14H2,1-2H3,(H,25,28). The predicted molar refractivity (Wildman–Crippen MR) is 120 cm³/mol. The lowest BCUT2D eigenvalue weighted by Crippen LogP contribution is -2.53. The summed E-state index contributed by atoms with van der Waals surface area (Å²) in [4.78, 5) is 14.2. The number of fused-ring (bicyclic) bond motifs is 1. The number of rotatable bonds is 5. The summed E-state index contributed by atoms with van der Waals surface area (Å²) in [7, 11) is -3.96. The van der Waals surface area contributed by atoms with Crippen LogP contribution in [0.25, 0.3) is 0 Å². The third kappa shape index (κ3) is 4.91. The summed E-state index contributed by atoms with van der Waals surface area (Å²) in [6.07, 6.45) is 0. The first-order valence-corrected chi connectivity index (χ1v) is 12.4. The Hall–Kier alpha value is -2.85. The number of nitrogens with one attached hydrogen (secondary N) is 1. The van der Waals surface area contributed by atoms with Gasteiger partial charge in [-0.25, -0.2) is 17.6 Å². The molecule has 1 atom stereocenters. The summed E-state index contributed by atoms with van der Waals surface area (Å²) < 4.78 is 52.1. The summed E-state index contributed by atoms with van der Waals surface area (Å²) >= 11 is 0. The Bertz CT molecular complexity index is 1120. The zero-order valence-corrected chi connectivity index (χ0v) is 19.5. The second-order valence-corrected chi connectivity index (χ2v) is 10.3. The number of ether oxygens (including phenoxy) is 2. The van der Waals surface area contributed by atoms with Gasteiger partial charge in [-0.1, -0.05) is 32.0 Å². The molecule has 2 heterocycles. The quantitative estimate of drug-likeness (QED) is 0.715. The molecular formula is C23H28FN3O5S. The van der Waals surface area contributed by atoms with Gasteiger partial charge in [0.15, 0.2) is 11.5 Å². The van der Waals surface area contributed by atoms with E-state index >= 15 is 0 Å². The molecule has 0 radical (unpaired) electrons. The van der Waals surface area contributed by atoms with Gasteiger partial charge in [-0.3, -0.25) is 0 Å². The number of carbonyl (C=O) groups excluding carboxylic acids is 1. The van der Waals surface area contributed by atoms with Crippen LogP contribution in [0.3, 0.4) is 0 Å². The third-order valence-corrected chi connectivity index (χ3v) is 7.78. The van der Waals surface area contributed by atoms with Crippen LogP contribution in [-0.2, 0) is 10.0 Å². The maximum absolute atomic E-state index is 14.0. The Kier molecular flexibility index (Phi) is 6.76. The number of hydrogen-bond donors (Lipinski definition) is 1. The van der Waals surface area contributed by atoms with Crippen LogP contribution in [0.2, 0.25) is 0 Å². The number of nitrogens with zero attached hydrogens (tertiary/aromatic N) is 2. The first-order chi connectivity index (χ1) is 15.8. The van der Waals surface area contributed by atoms with Crippen LogP contribution < -0.4 is 14.8 Å². The van der Waals surface area contributed by atoms with E-state index in [1.54, 1.807) is 4.90 Å². The minimum atomic E-state index is -3.96. The van der Waals surface area contributed by atoms with Gasteiger partial charge >= 0.3 is 6.03 Å². The summed E-state index contributed by atoms with van der Waals surface area (Å²) in [5.41, 5.74) is 0.906. The molecule has 2 aromatic rings. The summed E-state index contributed by atoms with van der Waals surface area (Å²) in [6.45, 7) is 5.64. The third-order valence-electron chi connectivity index (χ3n) is 5.85. The minimum Gasteiger partial charge on any atom is -0.486 e. The van der Waals surface area contributed by atoms with Crippen LogP contribution in [0.1, 0.15) is 25.5 Å². The second kappa shape index (κ2) is 9.56. The van der Waals surface area contributed by atoms with Crippen LogP contribution in [0, 0.1) is 11.7 Å². The summed E-state index contributed by atoms with van der Waals surface area (Å²) in [6, 6.07) is 10.4. The van der Waals surface area contributed by atoms with Gasteiger partial charge < -0.3 is 19.7 Å². The normalized spacial score (nSPS) is 17.6. The maximum atomic E-state index is 14.0. The Morgan fingerprint density at radius 2 is 1.67 bits per heavy atom. The molecule has 4 rings (SSSR count). The van der Waals surface area contributed by atoms with Crippen LogP contribution in [0.15, 0.2) is 47.4 Å². The number of benzene rings is 2. The van der Waals surface area contributed by atoms with Crippen molar-refractivity contribution in [2.45, 2.75) is 24.8 Å². The van der Waals surface area contributed by atoms with E-state index in [4.69, 9.17) is 9.47 Å². The fraction of sp³-hybridized carbons (Fsp3) is 0.435. The van der Waals surface area contributed by atoms with Crippen molar-refractivity contribution in [3.63, 3.8) is 0 Å². The minimum absolute atomic E-state index is 0.0977. The molecular weight excluding hydrogens is 449 g/mol. The molecule has 0 spiro atoms. The highest BCUT2D eigenvalue weighted by Crippen LogP contribution is 2.34. The zero-order chi connectivity index (χ0) is 23.6. The van der Waals surface area contributed by atoms with Gasteiger partial charge in [0.2, 0.25) is 10.0 Å². The van der Waals surface area contributed by atoms with E-state index in [1.165, 1.54) is 22.5 Å². The number of piperazine rings is 1. The molecule has 1 saturated heterocycles. The summed E-state index contributed by atoms with van der Waals surface area (Å²) in [5, 5.41) is 3.07. The van der Waals surface area contributed by atoms with Gasteiger partial charge in [0.05, 0.1) is 6.04 Å². The number of carbonyl (C=O) groups is 1. The molecule has 0 aromatic heterocycles. The zero-order valence-electron chi connectivity index (χ0n) is 18.7. The van der Waals surface area contributed by atoms with Crippen LogP contribution in [0.4, 0.5) is 9.18 Å². The van der Waals surface area contributed by atoms with E-state index in [1.807, 2.05) is 32.0 Å². The number of sulfonamides is 1. The smallest absolute Gasteiger partial charge is 0.317 e. The van der Waals surface area contributed by atoms with Crippen molar-refractivity contribution in [3.05, 3.63) is 53.8 Å². The van der Waals surface area contributed by atoms with E-state index in [0.29, 0.717) is 24.7 Å². The first-order valence-electron chi connectivity index (χ1n) is 11.0. The van der Waals surface area contributed by atoms with Gasteiger partial charge in [-0.15, -0.1) is 0 Å². The lowest BCUT2D eigenvalue weighted by molar-refractivity contribution is 0.165. The summed E-state index contributed by atoms with van der Waals surface area (Å²) in [5.74, 6) is 0.674. The number of amides is 2. The molecule has 2 aliphatic rings. The maximum Gasteiger partial charge on any atom is 0.317 e. The molecule has 2 aliphatic heterocycles. The van der Waals surface area contributed by atoms with Crippen molar-refractivity contribution >= 4 is 16.1 Å². The number of hydrogen-bond acceptors (Lipinski definition) is 5. The molecule has 10 heteroatoms. The average molecular weight is 478 g/mol. The molecule has 2 aromatic carbocycles. The van der Waals surface area contributed by atoms with Gasteiger partial charge in [0.25, 0.3) is 0 Å². The van der Waals surface area contributed by atoms with E-state index in [9.17, 15) is 17.6 Å². The monoisotopic (exact) mass is 477 g/mol. The fourth-order valence-electron chi connectivity index (χ4n) is 4.04. The SMILES string of the molecule is CC(C)C(NC(=O)N1CCN(S(=O)(=O)c2ccccc2F)CC1)c1ccc2c(c1)OCCO2. The topological polar surface area (TPSA) is 88.2 Å². The molecule has 0 bridgehead atoms. The average Bonchev–Trinajstić information content (AvgIpc) is 2.82. The molecule has 178 valence electrons. The Balaban J connectivity index is 1.41. The van der Waals surface area contributed by atoms with E-state index in [-0.39, 0.29) is 49.1 Å². The second-order valence-electron chi connectivity index (χ2n) is 8.40. The van der Waals surface area contributed by atoms with Crippen LogP contribution >= 0.6 is 0 Å². The largest absolute Gasteiger partial charge is 0.486 e. The number of urea groups is 1. The lowest BCUT2D eigenvalue weighted by atomic mass is 9.95. The fourth-order valence-corrected chi connectivity index (χ4v) is 5.52. The molecule has 0 saturated carbocycles. The molecule has 1 unspecified atom stereocenters. The van der Waals surface area contributed by atoms with E-state index in [2.05, 4.69) is 5.32 Å². The van der Waals surface area contributed by atoms with Crippen molar-refractivity contribution in [2.75, 3.05) is 39.4 Å². The molecule has 8 nitrogen and oxygen atoms in total. The van der Waals surface area contributed by atoms with Crippen LogP contribution in [0.5, 0.6) is 11.5 Å². The van der Waals surface area contributed by atoms with Crippen molar-refractivity contribution in [3.8, 4) is 11.5 Å². The first kappa shape index (κ1) is 23.3. The Morgan fingerprint density at radius 1 is 1.00 bits per heavy atom. The van der Waals surface area contributed by atoms with Gasteiger partial charge in [0, 0.05) is 26.2 Å². The molecule has 33 heavy (non-hydrogen) atoms. The molecule has 1 N–H and O–H groups in total. The highest BCUT2D eigenvalue weighted by molar-refractivity contribution is 7.89. The Labute approximate surface area is 193 Å². The van der Waals surface area contributed by atoms with Crippen molar-refractivity contribution in [1.82, 2.24) is 14.5 Å². The Morgan fingerprint density at radius 3 is 2.33 bits per heavy atom. The van der Waals surface area contributed by atoms with E-state index < -0.39 is 15.8 Å². The molecule has 0 aliphatic carbocycles. The van der Waals surface area contributed by atoms with E-state index in [0.717, 1.165) is 11.6 Å². The van der Waals surface area contributed by atoms with Gasteiger partial charge in [-0.05, 0) is 35.7 Å². The number of halogens is 1. The van der Waals surface area contributed by atoms with Gasteiger partial charge in [0.1, 0.15) is 23.9 Å². The highest BCUT2D eigenvalue weighted by atomic mass is 32.2.